The number of carbonyl (C=O) groups excluding carboxylic acids is 1. The molecule has 0 atom stereocenters. The maximum absolute atomic E-state index is 12.8. The number of carbonyl (C=O) groups is 1. The molecule has 0 radical (unpaired) electrons. The highest BCUT2D eigenvalue weighted by Gasteiger charge is 2.30. The van der Waals surface area contributed by atoms with Crippen molar-refractivity contribution in [1.82, 2.24) is 14.1 Å². The van der Waals surface area contributed by atoms with Crippen LogP contribution in [0.1, 0.15) is 26.3 Å². The van der Waals surface area contributed by atoms with Gasteiger partial charge in [0, 0.05) is 26.2 Å². The van der Waals surface area contributed by atoms with E-state index in [2.05, 4.69) is 20.8 Å². The van der Waals surface area contributed by atoms with Gasteiger partial charge in [0.1, 0.15) is 0 Å². The zero-order valence-electron chi connectivity index (χ0n) is 15.8. The van der Waals surface area contributed by atoms with Gasteiger partial charge in [0.2, 0.25) is 15.9 Å². The molecule has 0 aromatic heterocycles. The molecular weight excluding hydrogens is 338 g/mol. The molecule has 1 aliphatic rings. The predicted octanol–water partition coefficient (Wildman–Crippen LogP) is 1.38. The highest BCUT2D eigenvalue weighted by molar-refractivity contribution is 7.89. The second-order valence-electron chi connectivity index (χ2n) is 7.80. The first-order chi connectivity index (χ1) is 11.5. The third-order valence-corrected chi connectivity index (χ3v) is 6.31. The minimum Gasteiger partial charge on any atom is -0.339 e. The van der Waals surface area contributed by atoms with Gasteiger partial charge in [-0.3, -0.25) is 4.79 Å². The number of piperazine rings is 1. The molecule has 0 N–H and O–H groups in total. The molecule has 1 aromatic rings. The fourth-order valence-electron chi connectivity index (χ4n) is 2.82. The van der Waals surface area contributed by atoms with Crippen molar-refractivity contribution in [2.75, 3.05) is 46.8 Å². The van der Waals surface area contributed by atoms with Crippen LogP contribution < -0.4 is 0 Å². The lowest BCUT2D eigenvalue weighted by atomic mass is 9.87. The van der Waals surface area contributed by atoms with Crippen LogP contribution in [-0.4, -0.2) is 75.2 Å². The molecule has 1 fully saturated rings. The van der Waals surface area contributed by atoms with Gasteiger partial charge in [-0.05, 0) is 37.2 Å². The number of benzene rings is 1. The predicted molar refractivity (Wildman–Crippen MR) is 99.0 cm³/mol. The van der Waals surface area contributed by atoms with Crippen molar-refractivity contribution in [3.8, 4) is 0 Å². The molecule has 2 rings (SSSR count). The first-order valence-electron chi connectivity index (χ1n) is 8.55. The third kappa shape index (κ3) is 4.80. The smallest absolute Gasteiger partial charge is 0.243 e. The molecule has 0 spiro atoms. The molecule has 0 saturated carbocycles. The van der Waals surface area contributed by atoms with Crippen LogP contribution in [-0.2, 0) is 20.2 Å². The van der Waals surface area contributed by atoms with Crippen molar-refractivity contribution < 1.29 is 13.2 Å². The molecular formula is C18H29N3O3S. The standard InChI is InChI=1S/C18H29N3O3S/c1-18(2,3)15-6-8-16(9-7-15)25(23,24)21-12-10-20(11-13-21)17(22)14-19(4)5/h6-9H,10-14H2,1-5H3. The van der Waals surface area contributed by atoms with Crippen molar-refractivity contribution >= 4 is 15.9 Å². The van der Waals surface area contributed by atoms with Crippen LogP contribution in [0.25, 0.3) is 0 Å². The number of sulfonamides is 1. The summed E-state index contributed by atoms with van der Waals surface area (Å²) in [7, 11) is 0.183. The summed E-state index contributed by atoms with van der Waals surface area (Å²) in [6.45, 7) is 8.19. The van der Waals surface area contributed by atoms with Crippen molar-refractivity contribution in [2.45, 2.75) is 31.1 Å². The van der Waals surface area contributed by atoms with Crippen molar-refractivity contribution in [3.63, 3.8) is 0 Å². The lowest BCUT2D eigenvalue weighted by molar-refractivity contribution is -0.133. The van der Waals surface area contributed by atoms with Crippen LogP contribution in [0.3, 0.4) is 0 Å². The van der Waals surface area contributed by atoms with E-state index in [1.54, 1.807) is 17.0 Å². The molecule has 0 unspecified atom stereocenters. The summed E-state index contributed by atoms with van der Waals surface area (Å²) < 4.78 is 27.1. The van der Waals surface area contributed by atoms with Gasteiger partial charge in [0.05, 0.1) is 11.4 Å². The lowest BCUT2D eigenvalue weighted by Crippen LogP contribution is -2.52. The van der Waals surface area contributed by atoms with Gasteiger partial charge in [-0.2, -0.15) is 4.31 Å². The van der Waals surface area contributed by atoms with E-state index in [4.69, 9.17) is 0 Å². The van der Waals surface area contributed by atoms with Crippen LogP contribution in [0.4, 0.5) is 0 Å². The number of hydrogen-bond donors (Lipinski definition) is 0. The van der Waals surface area contributed by atoms with E-state index in [0.29, 0.717) is 37.6 Å². The average molecular weight is 368 g/mol. The molecule has 0 bridgehead atoms. The molecule has 25 heavy (non-hydrogen) atoms. The normalized spacial score (nSPS) is 17.1. The van der Waals surface area contributed by atoms with Crippen molar-refractivity contribution in [1.29, 1.82) is 0 Å². The Balaban J connectivity index is 2.05. The Kier molecular flexibility index (Phi) is 5.91. The van der Waals surface area contributed by atoms with Gasteiger partial charge in [0.25, 0.3) is 0 Å². The minimum atomic E-state index is -3.51. The first kappa shape index (κ1) is 19.9. The fraction of sp³-hybridized carbons (Fsp3) is 0.611. The highest BCUT2D eigenvalue weighted by atomic mass is 32.2. The van der Waals surface area contributed by atoms with Crippen molar-refractivity contribution in [3.05, 3.63) is 29.8 Å². The van der Waals surface area contributed by atoms with Crippen LogP contribution in [0.2, 0.25) is 0 Å². The number of amides is 1. The summed E-state index contributed by atoms with van der Waals surface area (Å²) in [5.41, 5.74) is 1.09. The third-order valence-electron chi connectivity index (χ3n) is 4.40. The van der Waals surface area contributed by atoms with Gasteiger partial charge in [-0.1, -0.05) is 32.9 Å². The van der Waals surface area contributed by atoms with E-state index < -0.39 is 10.0 Å². The van der Waals surface area contributed by atoms with Gasteiger partial charge in [-0.25, -0.2) is 8.42 Å². The second kappa shape index (κ2) is 7.43. The zero-order chi connectivity index (χ0) is 18.8. The Hall–Kier alpha value is -1.44. The number of nitrogens with zero attached hydrogens (tertiary/aromatic N) is 3. The van der Waals surface area contributed by atoms with Crippen LogP contribution >= 0.6 is 0 Å². The number of likely N-dealkylation sites (N-methyl/N-ethyl adjacent to an activating group) is 1. The van der Waals surface area contributed by atoms with Gasteiger partial charge in [0.15, 0.2) is 0 Å². The molecule has 6 nitrogen and oxygen atoms in total. The Bertz CT molecular complexity index is 698. The van der Waals surface area contributed by atoms with Gasteiger partial charge >= 0.3 is 0 Å². The Morgan fingerprint density at radius 1 is 1.04 bits per heavy atom. The van der Waals surface area contributed by atoms with E-state index in [1.807, 2.05) is 31.1 Å². The minimum absolute atomic E-state index is 0.0132. The average Bonchev–Trinajstić information content (AvgIpc) is 2.53. The maximum atomic E-state index is 12.8. The van der Waals surface area contributed by atoms with Gasteiger partial charge < -0.3 is 9.80 Å². The van der Waals surface area contributed by atoms with Crippen LogP contribution in [0, 0.1) is 0 Å². The SMILES string of the molecule is CN(C)CC(=O)N1CCN(S(=O)(=O)c2ccc(C(C)(C)C)cc2)CC1. The maximum Gasteiger partial charge on any atom is 0.243 e. The van der Waals surface area contributed by atoms with E-state index in [-0.39, 0.29) is 11.3 Å². The molecule has 1 heterocycles. The largest absolute Gasteiger partial charge is 0.339 e. The monoisotopic (exact) mass is 367 g/mol. The number of hydrogen-bond acceptors (Lipinski definition) is 4. The summed E-state index contributed by atoms with van der Waals surface area (Å²) in [5.74, 6) is 0.0385. The molecule has 1 amide bonds. The molecule has 140 valence electrons. The summed E-state index contributed by atoms with van der Waals surface area (Å²) in [6, 6.07) is 7.12. The molecule has 1 aliphatic heterocycles. The topological polar surface area (TPSA) is 60.9 Å². The Labute approximate surface area is 151 Å². The Morgan fingerprint density at radius 3 is 2.00 bits per heavy atom. The first-order valence-corrected chi connectivity index (χ1v) is 9.99. The van der Waals surface area contributed by atoms with E-state index in [9.17, 15) is 13.2 Å². The summed E-state index contributed by atoms with van der Waals surface area (Å²) in [4.78, 5) is 15.9. The Morgan fingerprint density at radius 2 is 1.56 bits per heavy atom. The quantitative estimate of drug-likeness (QED) is 0.807. The number of rotatable bonds is 4. The second-order valence-corrected chi connectivity index (χ2v) is 9.73. The lowest BCUT2D eigenvalue weighted by Gasteiger charge is -2.34. The van der Waals surface area contributed by atoms with Gasteiger partial charge in [-0.15, -0.1) is 0 Å². The fourth-order valence-corrected chi connectivity index (χ4v) is 4.25. The zero-order valence-corrected chi connectivity index (χ0v) is 16.6. The van der Waals surface area contributed by atoms with Crippen LogP contribution in [0.15, 0.2) is 29.2 Å². The molecule has 7 heteroatoms. The van der Waals surface area contributed by atoms with E-state index in [1.165, 1.54) is 4.31 Å². The summed E-state index contributed by atoms with van der Waals surface area (Å²) in [6.07, 6.45) is 0. The highest BCUT2D eigenvalue weighted by Crippen LogP contribution is 2.25. The summed E-state index contributed by atoms with van der Waals surface area (Å²) in [5, 5.41) is 0. The van der Waals surface area contributed by atoms with E-state index in [0.717, 1.165) is 5.56 Å². The van der Waals surface area contributed by atoms with Crippen molar-refractivity contribution in [2.24, 2.45) is 0 Å². The van der Waals surface area contributed by atoms with E-state index >= 15 is 0 Å². The molecule has 1 aromatic carbocycles. The van der Waals surface area contributed by atoms with Crippen LogP contribution in [0.5, 0.6) is 0 Å². The molecule has 0 aliphatic carbocycles. The summed E-state index contributed by atoms with van der Waals surface area (Å²) >= 11 is 0. The molecule has 1 saturated heterocycles.